The molecule has 0 radical (unpaired) electrons. The van der Waals surface area contributed by atoms with E-state index in [0.29, 0.717) is 22.9 Å². The first-order valence-corrected chi connectivity index (χ1v) is 8.14. The van der Waals surface area contributed by atoms with Crippen LogP contribution in [0.2, 0.25) is 5.02 Å². The van der Waals surface area contributed by atoms with E-state index < -0.39 is 0 Å². The minimum absolute atomic E-state index is 0.218. The molecule has 0 spiro atoms. The van der Waals surface area contributed by atoms with Crippen LogP contribution >= 0.6 is 11.6 Å². The summed E-state index contributed by atoms with van der Waals surface area (Å²) in [5.74, 6) is 0.166. The van der Waals surface area contributed by atoms with Gasteiger partial charge >= 0.3 is 0 Å². The number of nitriles is 1. The molecule has 1 heterocycles. The molecule has 1 aromatic heterocycles. The average molecular weight is 364 g/mol. The molecule has 0 bridgehead atoms. The number of anilines is 2. The van der Waals surface area contributed by atoms with Crippen molar-refractivity contribution < 1.29 is 4.79 Å². The van der Waals surface area contributed by atoms with Gasteiger partial charge in [-0.2, -0.15) is 5.26 Å². The minimum atomic E-state index is -0.314. The van der Waals surface area contributed by atoms with Gasteiger partial charge in [-0.25, -0.2) is 9.97 Å². The fourth-order valence-corrected chi connectivity index (χ4v) is 2.33. The summed E-state index contributed by atoms with van der Waals surface area (Å²) in [4.78, 5) is 20.4. The van der Waals surface area contributed by atoms with Gasteiger partial charge in [-0.05, 0) is 35.9 Å². The van der Waals surface area contributed by atoms with Gasteiger partial charge in [0.25, 0.3) is 5.91 Å². The highest BCUT2D eigenvalue weighted by Gasteiger charge is 2.08. The monoisotopic (exact) mass is 363 g/mol. The van der Waals surface area contributed by atoms with E-state index in [4.69, 9.17) is 16.9 Å². The largest absolute Gasteiger partial charge is 0.347 e. The second-order valence-corrected chi connectivity index (χ2v) is 5.85. The molecule has 0 saturated carbocycles. The number of nitrogens with one attached hydrogen (secondary N) is 2. The smallest absolute Gasteiger partial charge is 0.271 e. The topological polar surface area (TPSA) is 90.7 Å². The molecule has 0 aliphatic heterocycles. The lowest BCUT2D eigenvalue weighted by Gasteiger charge is -2.07. The summed E-state index contributed by atoms with van der Waals surface area (Å²) in [5.41, 5.74) is 2.42. The van der Waals surface area contributed by atoms with Gasteiger partial charge in [0.2, 0.25) is 0 Å². The van der Waals surface area contributed by atoms with Crippen LogP contribution in [-0.4, -0.2) is 15.9 Å². The number of hydrogen-bond donors (Lipinski definition) is 2. The molecule has 3 aromatic rings. The van der Waals surface area contributed by atoms with E-state index in [9.17, 15) is 4.79 Å². The summed E-state index contributed by atoms with van der Waals surface area (Å²) in [5, 5.41) is 15.4. The van der Waals surface area contributed by atoms with E-state index in [-0.39, 0.29) is 11.6 Å². The van der Waals surface area contributed by atoms with Gasteiger partial charge in [-0.1, -0.05) is 29.8 Å². The van der Waals surface area contributed by atoms with Crippen molar-refractivity contribution in [2.24, 2.45) is 0 Å². The highest BCUT2D eigenvalue weighted by atomic mass is 35.5. The molecule has 128 valence electrons. The number of hydrogen-bond acceptors (Lipinski definition) is 5. The van der Waals surface area contributed by atoms with Crippen molar-refractivity contribution >= 4 is 29.0 Å². The van der Waals surface area contributed by atoms with Gasteiger partial charge in [0.15, 0.2) is 0 Å². The van der Waals surface area contributed by atoms with E-state index in [1.807, 2.05) is 18.2 Å². The van der Waals surface area contributed by atoms with E-state index in [1.165, 1.54) is 12.4 Å². The van der Waals surface area contributed by atoms with Crippen LogP contribution in [0.25, 0.3) is 0 Å². The van der Waals surface area contributed by atoms with Gasteiger partial charge in [-0.3, -0.25) is 4.79 Å². The lowest BCUT2D eigenvalue weighted by atomic mass is 10.2. The number of aromatic nitrogens is 2. The number of carbonyl (C=O) groups excluding carboxylic acids is 1. The Kier molecular flexibility index (Phi) is 5.42. The summed E-state index contributed by atoms with van der Waals surface area (Å²) in [7, 11) is 0. The molecular formula is C19H14ClN5O. The van der Waals surface area contributed by atoms with Gasteiger partial charge in [0, 0.05) is 17.3 Å². The number of benzene rings is 2. The van der Waals surface area contributed by atoms with Crippen molar-refractivity contribution in [3.63, 3.8) is 0 Å². The molecule has 26 heavy (non-hydrogen) atoms. The molecule has 0 aliphatic carbocycles. The predicted octanol–water partition coefficient (Wildman–Crippen LogP) is 3.68. The van der Waals surface area contributed by atoms with Crippen LogP contribution in [0.15, 0.2) is 60.9 Å². The summed E-state index contributed by atoms with van der Waals surface area (Å²) >= 11 is 5.83. The quantitative estimate of drug-likeness (QED) is 0.721. The molecule has 2 aromatic carbocycles. The molecule has 7 heteroatoms. The third kappa shape index (κ3) is 4.56. The number of carbonyl (C=O) groups is 1. The number of amides is 1. The van der Waals surface area contributed by atoms with E-state index >= 15 is 0 Å². The Hall–Kier alpha value is -3.43. The highest BCUT2D eigenvalue weighted by molar-refractivity contribution is 6.30. The Morgan fingerprint density at radius 3 is 2.62 bits per heavy atom. The van der Waals surface area contributed by atoms with E-state index in [1.54, 1.807) is 30.3 Å². The summed E-state index contributed by atoms with van der Waals surface area (Å²) in [6.07, 6.45) is 2.87. The zero-order chi connectivity index (χ0) is 18.4. The maximum Gasteiger partial charge on any atom is 0.271 e. The highest BCUT2D eigenvalue weighted by Crippen LogP contribution is 2.15. The number of nitrogens with zero attached hydrogens (tertiary/aromatic N) is 3. The van der Waals surface area contributed by atoms with E-state index in [2.05, 4.69) is 26.7 Å². The standard InChI is InChI=1S/C19H14ClN5O/c20-15-6-4-13(5-7-15)10-24-19(26)17-11-23-18(12-22-17)25-16-3-1-2-14(8-16)9-21/h1-8,11-12H,10H2,(H,23,25)(H,24,26). The zero-order valence-corrected chi connectivity index (χ0v) is 14.4. The third-order valence-electron chi connectivity index (χ3n) is 3.51. The Balaban J connectivity index is 1.60. The summed E-state index contributed by atoms with van der Waals surface area (Å²) < 4.78 is 0. The van der Waals surface area contributed by atoms with Gasteiger partial charge in [-0.15, -0.1) is 0 Å². The molecule has 0 saturated heterocycles. The Morgan fingerprint density at radius 2 is 1.92 bits per heavy atom. The van der Waals surface area contributed by atoms with Crippen LogP contribution in [0, 0.1) is 11.3 Å². The van der Waals surface area contributed by atoms with Crippen molar-refractivity contribution in [1.82, 2.24) is 15.3 Å². The van der Waals surface area contributed by atoms with E-state index in [0.717, 1.165) is 11.3 Å². The fraction of sp³-hybridized carbons (Fsp3) is 0.0526. The lowest BCUT2D eigenvalue weighted by Crippen LogP contribution is -2.24. The van der Waals surface area contributed by atoms with Gasteiger partial charge in [0.1, 0.15) is 11.5 Å². The van der Waals surface area contributed by atoms with Crippen molar-refractivity contribution in [2.75, 3.05) is 5.32 Å². The fourth-order valence-electron chi connectivity index (χ4n) is 2.20. The molecule has 0 atom stereocenters. The summed E-state index contributed by atoms with van der Waals surface area (Å²) in [6.45, 7) is 0.374. The number of rotatable bonds is 5. The maximum atomic E-state index is 12.1. The first-order valence-electron chi connectivity index (χ1n) is 7.76. The van der Waals surface area contributed by atoms with Crippen molar-refractivity contribution in [1.29, 1.82) is 5.26 Å². The lowest BCUT2D eigenvalue weighted by molar-refractivity contribution is 0.0945. The van der Waals surface area contributed by atoms with Gasteiger partial charge in [0.05, 0.1) is 24.0 Å². The van der Waals surface area contributed by atoms with Crippen molar-refractivity contribution in [3.05, 3.63) is 82.8 Å². The van der Waals surface area contributed by atoms with Crippen molar-refractivity contribution in [2.45, 2.75) is 6.54 Å². The second kappa shape index (κ2) is 8.10. The normalized spacial score (nSPS) is 10.0. The van der Waals surface area contributed by atoms with Crippen LogP contribution in [-0.2, 0) is 6.54 Å². The average Bonchev–Trinajstić information content (AvgIpc) is 2.68. The second-order valence-electron chi connectivity index (χ2n) is 5.41. The Morgan fingerprint density at radius 1 is 1.12 bits per heavy atom. The Labute approximate surface area is 155 Å². The molecule has 2 N–H and O–H groups in total. The minimum Gasteiger partial charge on any atom is -0.347 e. The van der Waals surface area contributed by atoms with Crippen molar-refractivity contribution in [3.8, 4) is 6.07 Å². The van der Waals surface area contributed by atoms with Crippen LogP contribution in [0.5, 0.6) is 0 Å². The third-order valence-corrected chi connectivity index (χ3v) is 3.77. The molecule has 1 amide bonds. The van der Waals surface area contributed by atoms with Crippen LogP contribution in [0.4, 0.5) is 11.5 Å². The van der Waals surface area contributed by atoms with Gasteiger partial charge < -0.3 is 10.6 Å². The van der Waals surface area contributed by atoms with Crippen LogP contribution < -0.4 is 10.6 Å². The van der Waals surface area contributed by atoms with Crippen LogP contribution in [0.1, 0.15) is 21.6 Å². The SMILES string of the molecule is N#Cc1cccc(Nc2cnc(C(=O)NCc3ccc(Cl)cc3)cn2)c1. The predicted molar refractivity (Wildman–Crippen MR) is 99.1 cm³/mol. The molecule has 0 aliphatic rings. The summed E-state index contributed by atoms with van der Waals surface area (Å²) in [6, 6.07) is 16.3. The first kappa shape index (κ1) is 17.4. The molecule has 6 nitrogen and oxygen atoms in total. The molecule has 0 fully saturated rings. The maximum absolute atomic E-state index is 12.1. The zero-order valence-electron chi connectivity index (χ0n) is 13.6. The first-order chi connectivity index (χ1) is 12.6. The Bertz CT molecular complexity index is 949. The number of halogens is 1. The molecular weight excluding hydrogens is 350 g/mol. The van der Waals surface area contributed by atoms with Crippen LogP contribution in [0.3, 0.4) is 0 Å². The molecule has 0 unspecified atom stereocenters. The molecule has 3 rings (SSSR count).